The zero-order chi connectivity index (χ0) is 62.3. The van der Waals surface area contributed by atoms with Crippen molar-refractivity contribution in [3.05, 3.63) is 117 Å². The number of unbranched alkanes of at least 4 members (excludes halogenated alkanes) is 24. The molecule has 2 fully saturated rings. The van der Waals surface area contributed by atoms with Crippen LogP contribution in [0.1, 0.15) is 357 Å². The molecule has 87 heavy (non-hydrogen) atoms. The van der Waals surface area contributed by atoms with Crippen LogP contribution >= 0.6 is 17.2 Å². The van der Waals surface area contributed by atoms with Gasteiger partial charge < -0.3 is 18.1 Å². The van der Waals surface area contributed by atoms with Crippen LogP contribution < -0.4 is 18.1 Å². The lowest BCUT2D eigenvalue weighted by molar-refractivity contribution is 0.256. The Morgan fingerprint density at radius 3 is 0.920 bits per heavy atom. The fraction of sp³-hybridized carbons (Fsp3) is 0.696. The van der Waals surface area contributed by atoms with Gasteiger partial charge in [-0.2, -0.15) is 0 Å². The van der Waals surface area contributed by atoms with E-state index < -0.39 is 17.2 Å². The van der Waals surface area contributed by atoms with Gasteiger partial charge in [-0.25, -0.2) is 0 Å². The minimum absolute atomic E-state index is 0.227. The van der Waals surface area contributed by atoms with Crippen molar-refractivity contribution in [3.8, 4) is 23.0 Å². The van der Waals surface area contributed by atoms with Gasteiger partial charge in [-0.3, -0.25) is 9.05 Å². The lowest BCUT2D eigenvalue weighted by Crippen LogP contribution is -2.25. The highest BCUT2D eigenvalue weighted by molar-refractivity contribution is 7.42. The Hall–Kier alpha value is -3.14. The van der Waals surface area contributed by atoms with Gasteiger partial charge in [0, 0.05) is 16.5 Å². The van der Waals surface area contributed by atoms with Crippen molar-refractivity contribution >= 4 is 17.2 Å². The van der Waals surface area contributed by atoms with Crippen molar-refractivity contribution in [2.75, 3.05) is 13.2 Å². The lowest BCUT2D eigenvalue weighted by atomic mass is 9.71. The van der Waals surface area contributed by atoms with Crippen molar-refractivity contribution in [2.45, 2.75) is 342 Å². The minimum atomic E-state index is -1.74. The first-order chi connectivity index (χ1) is 42.0. The number of aryl methyl sites for hydroxylation is 2. The second-order valence-electron chi connectivity index (χ2n) is 29.2. The number of hydrogen-bond donors (Lipinski definition) is 0. The molecule has 2 aliphatic rings. The standard InChI is InChI=1S/C79H126O6P2/c1-13-15-17-19-21-23-25-27-29-31-33-35-43-57-80-86(82-69-53-49-67(50-54-69)65-45-39-37-40-46-65)84-75-59-63(3)71(61-73(75)77(5,6)7)79(11,12)72-62-74(78(8,9)10)76(60-64(72)4)85-87(83-70-55-51-68(52-56-70)66-47-41-38-42-48-66)81-58-44-36-34-32-30-28-26-24-22-20-18-16-14-2/h49-56,59-62,65-66H,13-48,57-58H2,1-12H3. The van der Waals surface area contributed by atoms with E-state index in [0.717, 1.165) is 59.8 Å². The number of rotatable bonds is 42. The molecule has 6 nitrogen and oxygen atoms in total. The molecule has 2 atom stereocenters. The van der Waals surface area contributed by atoms with Gasteiger partial charge in [0.15, 0.2) is 0 Å². The highest BCUT2D eigenvalue weighted by Gasteiger charge is 2.35. The molecule has 0 heterocycles. The van der Waals surface area contributed by atoms with Crippen LogP contribution in [0.25, 0.3) is 0 Å². The summed E-state index contributed by atoms with van der Waals surface area (Å²) in [6, 6.07) is 27.0. The van der Waals surface area contributed by atoms with Gasteiger partial charge in [0.2, 0.25) is 0 Å². The predicted molar refractivity (Wildman–Crippen MR) is 376 cm³/mol. The molecule has 0 saturated heterocycles. The largest absolute Gasteiger partial charge is 0.463 e. The Kier molecular flexibility index (Phi) is 32.9. The van der Waals surface area contributed by atoms with Crippen molar-refractivity contribution in [3.63, 3.8) is 0 Å². The number of hydrogen-bond acceptors (Lipinski definition) is 6. The van der Waals surface area contributed by atoms with Gasteiger partial charge in [-0.1, -0.05) is 298 Å². The fourth-order valence-electron chi connectivity index (χ4n) is 13.6. The number of benzene rings is 4. The maximum absolute atomic E-state index is 7.07. The maximum atomic E-state index is 7.07. The van der Waals surface area contributed by atoms with E-state index in [0.29, 0.717) is 25.0 Å². The molecular weight excluding hydrogens is 1110 g/mol. The molecule has 488 valence electrons. The summed E-state index contributed by atoms with van der Waals surface area (Å²) >= 11 is 0. The van der Waals surface area contributed by atoms with Gasteiger partial charge in [0.1, 0.15) is 23.0 Å². The summed E-state index contributed by atoms with van der Waals surface area (Å²) < 4.78 is 41.0. The third-order valence-electron chi connectivity index (χ3n) is 19.1. The summed E-state index contributed by atoms with van der Waals surface area (Å²) in [5.74, 6) is 4.56. The third-order valence-corrected chi connectivity index (χ3v) is 21.3. The molecule has 0 amide bonds. The van der Waals surface area contributed by atoms with Crippen molar-refractivity contribution in [1.82, 2.24) is 0 Å². The molecule has 4 aromatic carbocycles. The third kappa shape index (κ3) is 25.8. The Morgan fingerprint density at radius 1 is 0.345 bits per heavy atom. The molecule has 0 aliphatic heterocycles. The van der Waals surface area contributed by atoms with Crippen LogP contribution in [0.4, 0.5) is 0 Å². The zero-order valence-corrected chi connectivity index (χ0v) is 59.6. The van der Waals surface area contributed by atoms with Gasteiger partial charge in [0.25, 0.3) is 0 Å². The quantitative estimate of drug-likeness (QED) is 0.0326. The van der Waals surface area contributed by atoms with Gasteiger partial charge in [0.05, 0.1) is 13.2 Å². The Bertz CT molecular complexity index is 2310. The van der Waals surface area contributed by atoms with Crippen molar-refractivity contribution < 1.29 is 27.1 Å². The van der Waals surface area contributed by atoms with Crippen LogP contribution in [0.15, 0.2) is 72.8 Å². The SMILES string of the molecule is CCCCCCCCCCCCCCCOP(Oc1ccc(C2CCCCC2)cc1)Oc1cc(C)c(C(C)(C)c2cc(C(C)(C)C)c(OP(OCCCCCCCCCCCCCCC)Oc3ccc(C4CCCCC4)cc3)cc2C)cc1C(C)(C)C. The van der Waals surface area contributed by atoms with Crippen molar-refractivity contribution in [2.24, 2.45) is 0 Å². The van der Waals surface area contributed by atoms with E-state index in [-0.39, 0.29) is 16.2 Å². The van der Waals surface area contributed by atoms with Crippen LogP contribution in [0, 0.1) is 13.8 Å². The van der Waals surface area contributed by atoms with Crippen LogP contribution in [0.5, 0.6) is 23.0 Å². The van der Waals surface area contributed by atoms with Crippen LogP contribution in [0.2, 0.25) is 0 Å². The topological polar surface area (TPSA) is 55.4 Å². The van der Waals surface area contributed by atoms with Crippen LogP contribution in [-0.4, -0.2) is 13.2 Å². The van der Waals surface area contributed by atoms with E-state index in [1.54, 1.807) is 0 Å². The molecule has 2 unspecified atom stereocenters. The molecule has 6 rings (SSSR count). The van der Waals surface area contributed by atoms with E-state index in [2.05, 4.69) is 156 Å². The van der Waals surface area contributed by atoms with Crippen LogP contribution in [-0.2, 0) is 25.3 Å². The molecule has 4 aromatic rings. The summed E-state index contributed by atoms with van der Waals surface area (Å²) in [5.41, 5.74) is 9.21. The Labute approximate surface area is 537 Å². The fourth-order valence-corrected chi connectivity index (χ4v) is 15.7. The highest BCUT2D eigenvalue weighted by atomic mass is 31.2. The minimum Gasteiger partial charge on any atom is -0.418 e. The molecular formula is C79H126O6P2. The summed E-state index contributed by atoms with van der Waals surface area (Å²) in [6.07, 6.45) is 47.3. The average molecular weight is 1230 g/mol. The average Bonchev–Trinajstić information content (AvgIpc) is 1.07. The van der Waals surface area contributed by atoms with Crippen molar-refractivity contribution in [1.29, 1.82) is 0 Å². The van der Waals surface area contributed by atoms with E-state index >= 15 is 0 Å². The highest BCUT2D eigenvalue weighted by Crippen LogP contribution is 2.51. The van der Waals surface area contributed by atoms with Gasteiger partial charge >= 0.3 is 17.2 Å². The van der Waals surface area contributed by atoms with E-state index in [1.165, 1.54) is 239 Å². The molecule has 8 heteroatoms. The first-order valence-corrected chi connectivity index (χ1v) is 38.3. The lowest BCUT2D eigenvalue weighted by Gasteiger charge is -2.35. The van der Waals surface area contributed by atoms with E-state index in [1.807, 2.05) is 0 Å². The summed E-state index contributed by atoms with van der Waals surface area (Å²) in [5, 5.41) is 0. The molecule has 0 aromatic heterocycles. The van der Waals surface area contributed by atoms with Gasteiger partial charge in [-0.15, -0.1) is 0 Å². The molecule has 0 spiro atoms. The molecule has 2 saturated carbocycles. The smallest absolute Gasteiger partial charge is 0.418 e. The molecule has 0 bridgehead atoms. The molecule has 2 aliphatic carbocycles. The Balaban J connectivity index is 1.17. The zero-order valence-electron chi connectivity index (χ0n) is 57.8. The van der Waals surface area contributed by atoms with Gasteiger partial charge in [-0.05, 0) is 145 Å². The Morgan fingerprint density at radius 2 is 0.632 bits per heavy atom. The van der Waals surface area contributed by atoms with E-state index in [4.69, 9.17) is 27.1 Å². The molecule has 0 radical (unpaired) electrons. The normalized spacial score (nSPS) is 15.4. The summed E-state index contributed by atoms with van der Waals surface area (Å²) in [6.45, 7) is 28.9. The van der Waals surface area contributed by atoms with E-state index in [9.17, 15) is 0 Å². The second-order valence-corrected chi connectivity index (χ2v) is 31.4. The first-order valence-electron chi connectivity index (χ1n) is 36.1. The second kappa shape index (κ2) is 39.3. The monoisotopic (exact) mass is 1230 g/mol. The molecule has 0 N–H and O–H groups in total. The predicted octanol–water partition coefficient (Wildman–Crippen LogP) is 26.9. The maximum Gasteiger partial charge on any atom is 0.463 e. The summed E-state index contributed by atoms with van der Waals surface area (Å²) in [4.78, 5) is 0. The summed E-state index contributed by atoms with van der Waals surface area (Å²) in [7, 11) is -3.47. The first kappa shape index (κ1) is 72.9. The van der Waals surface area contributed by atoms with Crippen LogP contribution in [0.3, 0.4) is 0 Å².